The van der Waals surface area contributed by atoms with E-state index in [1.165, 1.54) is 10.3 Å². The molecule has 35 heavy (non-hydrogen) atoms. The lowest BCUT2D eigenvalue weighted by molar-refractivity contribution is 0.0953. The third-order valence-electron chi connectivity index (χ3n) is 5.89. The van der Waals surface area contributed by atoms with Crippen molar-refractivity contribution in [1.29, 1.82) is 0 Å². The van der Waals surface area contributed by atoms with Crippen LogP contribution in [0.4, 0.5) is 5.69 Å². The predicted molar refractivity (Wildman–Crippen MR) is 145 cm³/mol. The van der Waals surface area contributed by atoms with E-state index in [2.05, 4.69) is 34.3 Å². The van der Waals surface area contributed by atoms with Crippen LogP contribution in [0.15, 0.2) is 77.6 Å². The molecule has 0 radical (unpaired) electrons. The summed E-state index contributed by atoms with van der Waals surface area (Å²) in [6.07, 6.45) is 0.819. The Hall–Kier alpha value is -3.42. The number of amides is 1. The molecule has 0 bridgehead atoms. The normalized spacial score (nSPS) is 10.9. The van der Waals surface area contributed by atoms with Gasteiger partial charge in [-0.05, 0) is 73.6 Å². The van der Waals surface area contributed by atoms with Crippen molar-refractivity contribution in [2.45, 2.75) is 19.9 Å². The molecule has 0 aliphatic carbocycles. The SMILES string of the molecule is CCN(CCCNC(=O)c1ccc2c(=O)n(Cc3ccc(Cl)cc3)c(=S)[nH]c2c1)c1ccccc1. The standard InChI is InChI=1S/C27H27ClN4O2S/c1-2-31(22-7-4-3-5-8-22)16-6-15-29-25(33)20-11-14-23-24(17-20)30-27(35)32(26(23)34)18-19-9-12-21(28)13-10-19/h3-5,7-14,17H,2,6,15-16,18H2,1H3,(H,29,33)(H,30,35). The highest BCUT2D eigenvalue weighted by atomic mass is 35.5. The molecule has 0 aliphatic heterocycles. The molecule has 1 amide bonds. The molecule has 1 aromatic heterocycles. The van der Waals surface area contributed by atoms with Gasteiger partial charge in [-0.2, -0.15) is 0 Å². The van der Waals surface area contributed by atoms with Gasteiger partial charge in [-0.25, -0.2) is 0 Å². The average molecular weight is 507 g/mol. The minimum atomic E-state index is -0.203. The minimum absolute atomic E-state index is 0.181. The van der Waals surface area contributed by atoms with Crippen LogP contribution in [-0.4, -0.2) is 35.1 Å². The van der Waals surface area contributed by atoms with E-state index < -0.39 is 0 Å². The molecule has 0 fully saturated rings. The number of carbonyl (C=O) groups excluding carboxylic acids is 1. The van der Waals surface area contributed by atoms with Crippen molar-refractivity contribution in [1.82, 2.24) is 14.9 Å². The molecule has 0 saturated heterocycles. The number of hydrogen-bond donors (Lipinski definition) is 2. The Labute approximate surface area is 214 Å². The Kier molecular flexibility index (Phi) is 8.00. The van der Waals surface area contributed by atoms with Gasteiger partial charge in [-0.3, -0.25) is 14.2 Å². The lowest BCUT2D eigenvalue weighted by Gasteiger charge is -2.23. The van der Waals surface area contributed by atoms with Crippen LogP contribution in [0.5, 0.6) is 0 Å². The molecule has 0 atom stereocenters. The number of para-hydroxylation sites is 1. The Morgan fingerprint density at radius 1 is 1.09 bits per heavy atom. The zero-order valence-electron chi connectivity index (χ0n) is 19.5. The first kappa shape index (κ1) is 24.7. The van der Waals surface area contributed by atoms with Crippen molar-refractivity contribution in [3.63, 3.8) is 0 Å². The summed E-state index contributed by atoms with van der Waals surface area (Å²) in [5, 5.41) is 4.08. The number of rotatable bonds is 9. The monoisotopic (exact) mass is 506 g/mol. The van der Waals surface area contributed by atoms with E-state index in [-0.39, 0.29) is 11.5 Å². The largest absolute Gasteiger partial charge is 0.372 e. The summed E-state index contributed by atoms with van der Waals surface area (Å²) in [6.45, 7) is 4.75. The van der Waals surface area contributed by atoms with Crippen molar-refractivity contribution >= 4 is 46.3 Å². The molecule has 4 rings (SSSR count). The van der Waals surface area contributed by atoms with Gasteiger partial charge in [0, 0.05) is 35.9 Å². The minimum Gasteiger partial charge on any atom is -0.372 e. The highest BCUT2D eigenvalue weighted by Crippen LogP contribution is 2.15. The molecule has 0 spiro atoms. The van der Waals surface area contributed by atoms with Crippen molar-refractivity contribution in [2.24, 2.45) is 0 Å². The van der Waals surface area contributed by atoms with Gasteiger partial charge in [-0.15, -0.1) is 0 Å². The van der Waals surface area contributed by atoms with Crippen LogP contribution in [0.2, 0.25) is 5.02 Å². The number of H-pyrrole nitrogens is 1. The Morgan fingerprint density at radius 3 is 2.54 bits per heavy atom. The van der Waals surface area contributed by atoms with E-state index in [1.54, 1.807) is 30.3 Å². The van der Waals surface area contributed by atoms with Crippen LogP contribution in [-0.2, 0) is 6.54 Å². The zero-order chi connectivity index (χ0) is 24.8. The number of nitrogens with one attached hydrogen (secondary N) is 2. The highest BCUT2D eigenvalue weighted by molar-refractivity contribution is 7.71. The van der Waals surface area contributed by atoms with Gasteiger partial charge in [0.25, 0.3) is 11.5 Å². The Bertz CT molecular complexity index is 1430. The van der Waals surface area contributed by atoms with E-state index in [4.69, 9.17) is 23.8 Å². The lowest BCUT2D eigenvalue weighted by atomic mass is 10.1. The maximum absolute atomic E-state index is 13.1. The maximum Gasteiger partial charge on any atom is 0.262 e. The van der Waals surface area contributed by atoms with Gasteiger partial charge >= 0.3 is 0 Å². The number of aromatic nitrogens is 2. The van der Waals surface area contributed by atoms with Gasteiger partial charge < -0.3 is 15.2 Å². The van der Waals surface area contributed by atoms with Crippen LogP contribution in [0.25, 0.3) is 10.9 Å². The van der Waals surface area contributed by atoms with E-state index in [9.17, 15) is 9.59 Å². The number of nitrogens with zero attached hydrogens (tertiary/aromatic N) is 2. The van der Waals surface area contributed by atoms with E-state index in [0.717, 1.165) is 25.1 Å². The molecule has 3 aromatic carbocycles. The molecule has 2 N–H and O–H groups in total. The van der Waals surface area contributed by atoms with Gasteiger partial charge in [0.15, 0.2) is 4.77 Å². The van der Waals surface area contributed by atoms with Crippen molar-refractivity contribution in [3.8, 4) is 0 Å². The fourth-order valence-electron chi connectivity index (χ4n) is 3.99. The van der Waals surface area contributed by atoms with Crippen LogP contribution < -0.4 is 15.8 Å². The van der Waals surface area contributed by atoms with E-state index in [1.807, 2.05) is 30.3 Å². The molecule has 4 aromatic rings. The summed E-state index contributed by atoms with van der Waals surface area (Å²) < 4.78 is 1.81. The molecule has 180 valence electrons. The van der Waals surface area contributed by atoms with Crippen LogP contribution in [0, 0.1) is 4.77 Å². The molecular weight excluding hydrogens is 480 g/mol. The van der Waals surface area contributed by atoms with Gasteiger partial charge in [0.1, 0.15) is 0 Å². The van der Waals surface area contributed by atoms with Crippen molar-refractivity contribution in [2.75, 3.05) is 24.5 Å². The molecule has 0 unspecified atom stereocenters. The second-order valence-corrected chi connectivity index (χ2v) is 9.06. The number of anilines is 1. The highest BCUT2D eigenvalue weighted by Gasteiger charge is 2.11. The number of fused-ring (bicyclic) bond motifs is 1. The molecule has 6 nitrogen and oxygen atoms in total. The second-order valence-electron chi connectivity index (χ2n) is 8.23. The molecule has 8 heteroatoms. The first-order valence-corrected chi connectivity index (χ1v) is 12.3. The maximum atomic E-state index is 13.1. The number of hydrogen-bond acceptors (Lipinski definition) is 4. The fraction of sp³-hybridized carbons (Fsp3) is 0.222. The summed E-state index contributed by atoms with van der Waals surface area (Å²) in [4.78, 5) is 31.2. The summed E-state index contributed by atoms with van der Waals surface area (Å²) in [5.74, 6) is -0.181. The molecule has 0 aliphatic rings. The van der Waals surface area contributed by atoms with E-state index >= 15 is 0 Å². The Balaban J connectivity index is 1.42. The third kappa shape index (κ3) is 5.99. The number of benzene rings is 3. The van der Waals surface area contributed by atoms with Crippen LogP contribution in [0.1, 0.15) is 29.3 Å². The number of carbonyl (C=O) groups is 1. The van der Waals surface area contributed by atoms with E-state index in [0.29, 0.717) is 39.3 Å². The zero-order valence-corrected chi connectivity index (χ0v) is 21.0. The van der Waals surface area contributed by atoms with Crippen molar-refractivity contribution < 1.29 is 4.79 Å². The fourth-order valence-corrected chi connectivity index (χ4v) is 4.38. The number of aromatic amines is 1. The average Bonchev–Trinajstić information content (AvgIpc) is 2.87. The molecule has 1 heterocycles. The predicted octanol–water partition coefficient (Wildman–Crippen LogP) is 5.41. The summed E-state index contributed by atoms with van der Waals surface area (Å²) in [5.41, 5.74) is 2.91. The first-order chi connectivity index (χ1) is 17.0. The summed E-state index contributed by atoms with van der Waals surface area (Å²) in [7, 11) is 0. The summed E-state index contributed by atoms with van der Waals surface area (Å²) in [6, 6.07) is 22.5. The van der Waals surface area contributed by atoms with Crippen LogP contribution >= 0.6 is 23.8 Å². The first-order valence-electron chi connectivity index (χ1n) is 11.6. The number of halogens is 1. The Morgan fingerprint density at radius 2 is 1.83 bits per heavy atom. The lowest BCUT2D eigenvalue weighted by Crippen LogP contribution is -2.30. The third-order valence-corrected chi connectivity index (χ3v) is 6.47. The quantitative estimate of drug-likeness (QED) is 0.235. The van der Waals surface area contributed by atoms with Crippen molar-refractivity contribution in [3.05, 3.63) is 104 Å². The van der Waals surface area contributed by atoms with Gasteiger partial charge in [0.2, 0.25) is 0 Å². The topological polar surface area (TPSA) is 70.1 Å². The summed E-state index contributed by atoms with van der Waals surface area (Å²) >= 11 is 11.4. The van der Waals surface area contributed by atoms with Gasteiger partial charge in [0.05, 0.1) is 17.4 Å². The molecule has 0 saturated carbocycles. The molecular formula is C27H27ClN4O2S. The second kappa shape index (κ2) is 11.3. The smallest absolute Gasteiger partial charge is 0.262 e. The van der Waals surface area contributed by atoms with Gasteiger partial charge in [-0.1, -0.05) is 41.9 Å². The van der Waals surface area contributed by atoms with Crippen LogP contribution in [0.3, 0.4) is 0 Å².